The minimum Gasteiger partial charge on any atom is -0.381 e. The molecule has 1 aliphatic rings. The summed E-state index contributed by atoms with van der Waals surface area (Å²) in [7, 11) is 0. The van der Waals surface area contributed by atoms with Gasteiger partial charge in [0.05, 0.1) is 0 Å². The Balaban J connectivity index is 2.23. The van der Waals surface area contributed by atoms with E-state index in [1.807, 2.05) is 12.1 Å². The van der Waals surface area contributed by atoms with E-state index < -0.39 is 0 Å². The van der Waals surface area contributed by atoms with Gasteiger partial charge in [0.15, 0.2) is 0 Å². The highest BCUT2D eigenvalue weighted by Crippen LogP contribution is 2.35. The Morgan fingerprint density at radius 1 is 1.33 bits per heavy atom. The molecule has 1 heterocycles. The monoisotopic (exact) mass is 267 g/mol. The predicted octanol–water partition coefficient (Wildman–Crippen LogP) is 3.39. The lowest BCUT2D eigenvalue weighted by molar-refractivity contribution is 0.0492. The average molecular weight is 268 g/mol. The Bertz CT molecular complexity index is 386. The van der Waals surface area contributed by atoms with Gasteiger partial charge in [0.25, 0.3) is 0 Å². The molecule has 1 aromatic rings. The second kappa shape index (κ2) is 6.05. The van der Waals surface area contributed by atoms with Gasteiger partial charge >= 0.3 is 0 Å². The third-order valence-corrected chi connectivity index (χ3v) is 3.97. The topological polar surface area (TPSA) is 21.3 Å². The number of hydrogen-bond donors (Lipinski definition) is 1. The molecule has 0 atom stereocenters. The van der Waals surface area contributed by atoms with Crippen molar-refractivity contribution in [1.82, 2.24) is 5.32 Å². The van der Waals surface area contributed by atoms with Crippen molar-refractivity contribution < 1.29 is 4.74 Å². The number of ether oxygens (including phenoxy) is 1. The molecule has 1 N–H and O–H groups in total. The quantitative estimate of drug-likeness (QED) is 0.903. The number of benzene rings is 1. The van der Waals surface area contributed by atoms with Crippen LogP contribution in [0.25, 0.3) is 0 Å². The fraction of sp³-hybridized carbons (Fsp3) is 0.600. The molecular weight excluding hydrogens is 246 g/mol. The molecule has 18 heavy (non-hydrogen) atoms. The molecule has 0 radical (unpaired) electrons. The molecule has 0 saturated carbocycles. The van der Waals surface area contributed by atoms with Crippen molar-refractivity contribution in [3.8, 4) is 0 Å². The van der Waals surface area contributed by atoms with E-state index in [-0.39, 0.29) is 5.41 Å². The smallest absolute Gasteiger partial charge is 0.0475 e. The third-order valence-electron chi connectivity index (χ3n) is 3.74. The van der Waals surface area contributed by atoms with Gasteiger partial charge in [-0.15, -0.1) is 0 Å². The van der Waals surface area contributed by atoms with Crippen molar-refractivity contribution in [1.29, 1.82) is 0 Å². The van der Waals surface area contributed by atoms with E-state index >= 15 is 0 Å². The summed E-state index contributed by atoms with van der Waals surface area (Å²) in [6.07, 6.45) is 2.13. The molecule has 0 amide bonds. The van der Waals surface area contributed by atoms with Gasteiger partial charge in [-0.25, -0.2) is 0 Å². The Hall–Kier alpha value is -0.570. The average Bonchev–Trinajstić information content (AvgIpc) is 2.37. The molecule has 1 saturated heterocycles. The molecule has 0 spiro atoms. The van der Waals surface area contributed by atoms with E-state index in [0.29, 0.717) is 6.04 Å². The minimum absolute atomic E-state index is 0.174. The first-order valence-corrected chi connectivity index (χ1v) is 7.07. The van der Waals surface area contributed by atoms with Crippen LogP contribution in [0.2, 0.25) is 5.02 Å². The molecule has 2 rings (SSSR count). The van der Waals surface area contributed by atoms with E-state index in [0.717, 1.165) is 37.6 Å². The number of nitrogens with one attached hydrogen (secondary N) is 1. The number of halogens is 1. The first-order valence-electron chi connectivity index (χ1n) is 6.70. The fourth-order valence-electron chi connectivity index (χ4n) is 2.55. The van der Waals surface area contributed by atoms with Crippen LogP contribution < -0.4 is 5.32 Å². The molecule has 2 nitrogen and oxygen atoms in total. The standard InChI is InChI=1S/C15H22ClNO/c1-12(2)17-11-15(6-8-18-9-7-15)13-4-3-5-14(16)10-13/h3-5,10,12,17H,6-9,11H2,1-2H3. The summed E-state index contributed by atoms with van der Waals surface area (Å²) in [5.74, 6) is 0. The fourth-order valence-corrected chi connectivity index (χ4v) is 2.74. The van der Waals surface area contributed by atoms with Crippen molar-refractivity contribution in [2.24, 2.45) is 0 Å². The van der Waals surface area contributed by atoms with Gasteiger partial charge in [0.2, 0.25) is 0 Å². The molecule has 0 aliphatic carbocycles. The van der Waals surface area contributed by atoms with E-state index in [4.69, 9.17) is 16.3 Å². The van der Waals surface area contributed by atoms with E-state index in [1.165, 1.54) is 5.56 Å². The molecular formula is C15H22ClNO. The van der Waals surface area contributed by atoms with Crippen LogP contribution in [0.15, 0.2) is 24.3 Å². The minimum atomic E-state index is 0.174. The lowest BCUT2D eigenvalue weighted by Gasteiger charge is -2.38. The van der Waals surface area contributed by atoms with Crippen LogP contribution in [0.5, 0.6) is 0 Å². The van der Waals surface area contributed by atoms with Gasteiger partial charge in [-0.3, -0.25) is 0 Å². The molecule has 0 bridgehead atoms. The van der Waals surface area contributed by atoms with Gasteiger partial charge < -0.3 is 10.1 Å². The summed E-state index contributed by atoms with van der Waals surface area (Å²) in [6.45, 7) is 7.04. The SMILES string of the molecule is CC(C)NCC1(c2cccc(Cl)c2)CCOCC1. The Morgan fingerprint density at radius 2 is 2.06 bits per heavy atom. The summed E-state index contributed by atoms with van der Waals surface area (Å²) < 4.78 is 5.52. The predicted molar refractivity (Wildman–Crippen MR) is 76.3 cm³/mol. The summed E-state index contributed by atoms with van der Waals surface area (Å²) in [6, 6.07) is 8.79. The van der Waals surface area contributed by atoms with Crippen molar-refractivity contribution >= 4 is 11.6 Å². The van der Waals surface area contributed by atoms with Crippen molar-refractivity contribution in [2.75, 3.05) is 19.8 Å². The van der Waals surface area contributed by atoms with E-state index in [2.05, 4.69) is 31.3 Å². The molecule has 100 valence electrons. The van der Waals surface area contributed by atoms with Crippen LogP contribution in [-0.4, -0.2) is 25.8 Å². The van der Waals surface area contributed by atoms with Gasteiger partial charge in [-0.1, -0.05) is 37.6 Å². The summed E-state index contributed by atoms with van der Waals surface area (Å²) >= 11 is 6.14. The first kappa shape index (κ1) is 13.9. The van der Waals surface area contributed by atoms with Crippen LogP contribution in [0, 0.1) is 0 Å². The molecule has 0 unspecified atom stereocenters. The van der Waals surface area contributed by atoms with Gasteiger partial charge in [0.1, 0.15) is 0 Å². The maximum atomic E-state index is 6.14. The van der Waals surface area contributed by atoms with Crippen molar-refractivity contribution in [3.05, 3.63) is 34.9 Å². The summed E-state index contributed by atoms with van der Waals surface area (Å²) in [4.78, 5) is 0. The number of rotatable bonds is 4. The highest BCUT2D eigenvalue weighted by molar-refractivity contribution is 6.30. The van der Waals surface area contributed by atoms with E-state index in [1.54, 1.807) is 0 Å². The van der Waals surface area contributed by atoms with Gasteiger partial charge in [-0.05, 0) is 30.5 Å². The normalized spacial score (nSPS) is 19.1. The van der Waals surface area contributed by atoms with Crippen LogP contribution >= 0.6 is 11.6 Å². The van der Waals surface area contributed by atoms with Gasteiger partial charge in [0, 0.05) is 36.2 Å². The lowest BCUT2D eigenvalue weighted by Crippen LogP contribution is -2.44. The Morgan fingerprint density at radius 3 is 2.67 bits per heavy atom. The maximum absolute atomic E-state index is 6.14. The van der Waals surface area contributed by atoms with Crippen LogP contribution in [0.1, 0.15) is 32.3 Å². The molecule has 1 aliphatic heterocycles. The van der Waals surface area contributed by atoms with Crippen LogP contribution in [0.3, 0.4) is 0 Å². The van der Waals surface area contributed by atoms with Crippen LogP contribution in [0.4, 0.5) is 0 Å². The Kier molecular flexibility index (Phi) is 4.66. The summed E-state index contributed by atoms with van der Waals surface area (Å²) in [5.41, 5.74) is 1.51. The lowest BCUT2D eigenvalue weighted by atomic mass is 9.74. The van der Waals surface area contributed by atoms with Gasteiger partial charge in [-0.2, -0.15) is 0 Å². The zero-order valence-electron chi connectivity index (χ0n) is 11.2. The van der Waals surface area contributed by atoms with Crippen LogP contribution in [-0.2, 0) is 10.2 Å². The maximum Gasteiger partial charge on any atom is 0.0475 e. The second-order valence-electron chi connectivity index (χ2n) is 5.44. The molecule has 3 heteroatoms. The third kappa shape index (κ3) is 3.25. The zero-order valence-corrected chi connectivity index (χ0v) is 12.0. The summed E-state index contributed by atoms with van der Waals surface area (Å²) in [5, 5.41) is 4.40. The largest absolute Gasteiger partial charge is 0.381 e. The first-order chi connectivity index (χ1) is 8.62. The molecule has 1 fully saturated rings. The highest BCUT2D eigenvalue weighted by atomic mass is 35.5. The van der Waals surface area contributed by atoms with Crippen molar-refractivity contribution in [3.63, 3.8) is 0 Å². The van der Waals surface area contributed by atoms with E-state index in [9.17, 15) is 0 Å². The molecule has 1 aromatic carbocycles. The Labute approximate surface area is 115 Å². The molecule has 0 aromatic heterocycles. The highest BCUT2D eigenvalue weighted by Gasteiger charge is 2.34. The zero-order chi connectivity index (χ0) is 13.0. The number of hydrogen-bond acceptors (Lipinski definition) is 2. The van der Waals surface area contributed by atoms with Crippen molar-refractivity contribution in [2.45, 2.75) is 38.1 Å². The second-order valence-corrected chi connectivity index (χ2v) is 5.88.